The van der Waals surface area contributed by atoms with Crippen LogP contribution in [0.2, 0.25) is 0 Å². The van der Waals surface area contributed by atoms with Crippen molar-refractivity contribution in [2.75, 3.05) is 145 Å². The van der Waals surface area contributed by atoms with Crippen LogP contribution >= 0.6 is 0 Å². The zero-order valence-corrected chi connectivity index (χ0v) is 78.4. The summed E-state index contributed by atoms with van der Waals surface area (Å²) in [7, 11) is 0. The van der Waals surface area contributed by atoms with E-state index in [4.69, 9.17) is 114 Å². The molecule has 23 N–H and O–H groups in total. The van der Waals surface area contributed by atoms with E-state index in [0.717, 1.165) is 16.7 Å². The first-order chi connectivity index (χ1) is 68.5. The summed E-state index contributed by atoms with van der Waals surface area (Å²) in [6.07, 6.45) is 3.69. The second-order valence-electron chi connectivity index (χ2n) is 28.4. The molecule has 4 aromatic carbocycles. The number of nitrogens with zero attached hydrogens (tertiary/aromatic N) is 8. The number of rotatable bonds is 63. The first-order valence-corrected chi connectivity index (χ1v) is 42.3. The van der Waals surface area contributed by atoms with E-state index in [2.05, 4.69) is 58.2 Å². The number of aliphatic hydroxyl groups is 8. The summed E-state index contributed by atoms with van der Waals surface area (Å²) < 4.78 is 48.2. The van der Waals surface area contributed by atoms with Crippen LogP contribution in [0.4, 0.5) is 4.79 Å². The van der Waals surface area contributed by atoms with E-state index in [0.29, 0.717) is 81.3 Å². The van der Waals surface area contributed by atoms with Crippen LogP contribution in [-0.4, -0.2) is 335 Å². The van der Waals surface area contributed by atoms with Crippen molar-refractivity contribution in [2.24, 2.45) is 40.1 Å². The molecule has 0 heterocycles. The molecule has 820 valence electrons. The fraction of sp³-hybridized carbons (Fsp3) is 0.577. The lowest BCUT2D eigenvalue weighted by Crippen LogP contribution is -2.46. The number of hydrogen-bond donors (Lipinski definition) is 16. The van der Waals surface area contributed by atoms with Crippen LogP contribution in [0.5, 0.6) is 23.0 Å². The molecule has 0 fully saturated rings. The molecule has 8 atom stereocenters. The van der Waals surface area contributed by atoms with Gasteiger partial charge in [0.1, 0.15) is 97.3 Å². The highest BCUT2D eigenvalue weighted by Crippen LogP contribution is 2.19. The Morgan fingerprint density at radius 3 is 0.869 bits per heavy atom. The standard InChI is InChI=1S/C12H22N2O8.2C12H16N2O6.2C11H14N2O6.C7H14N2O7.C7H14N2O6.C6H12N2O6/c1-12(2,3)22-11(17)13-9(8-15)10(16)20-6-4-5-7-21-14(18)19;13-11(8-15)12(16)20-10-5-1-3-9(7-10)4-2-6-19-14(17)18;13-11(8-15)12(16)20-10-5-3-9(4-6-10)2-1-7-19-14(17)18;12-10(7-14)11(15)19-9-3-1-8(2-4-9)5-6-18-13(16)17;12-10(7-14)11(15)19-9-3-1-2-8(6-9)4-5-18-13(16)17;8-6(5-10)7(11)15-3-1-14-2-4-16-9(12)13;8-6(5-10)7(11)14-3-1-2-4-15-9(12)13;7-5(4-9)6(10)13-2-1-3-14-8(11)12/h9,15H,4-8H2,1-3H3,(H,13,17);1,3,5,7,11,15H,2,4,6,8,13H2;3-6,11,15H,1-2,7-8,13H2;1-4,10,14H,5-7,12H2;1-3,6,10,14H,4-5,7,12H2;6,10H,1-5,8H2;6,10H,1-5,8H2;5,9H,1-4,7H2. The van der Waals surface area contributed by atoms with Gasteiger partial charge in [-0.3, -0.25) is 14.4 Å². The van der Waals surface area contributed by atoms with Gasteiger partial charge in [-0.25, -0.2) is 28.8 Å². The first kappa shape index (κ1) is 136. The van der Waals surface area contributed by atoms with Gasteiger partial charge < -0.3 is 172 Å². The Kier molecular flexibility index (Phi) is 79.4. The third kappa shape index (κ3) is 81.2. The maximum atomic E-state index is 11.6. The second-order valence-corrected chi connectivity index (χ2v) is 28.4. The molecule has 0 radical (unpaired) electrons. The summed E-state index contributed by atoms with van der Waals surface area (Å²) in [5.74, 6) is -4.71. The van der Waals surface area contributed by atoms with Crippen LogP contribution in [0, 0.1) is 80.9 Å². The molecule has 0 aliphatic carbocycles. The lowest BCUT2D eigenvalue weighted by molar-refractivity contribution is -0.758. The van der Waals surface area contributed by atoms with E-state index in [1.165, 1.54) is 12.1 Å². The van der Waals surface area contributed by atoms with Gasteiger partial charge in [0.2, 0.25) is 0 Å². The number of aryl methyl sites for hydroxylation is 2. The Morgan fingerprint density at radius 2 is 0.538 bits per heavy atom. The average molecular weight is 2100 g/mol. The minimum Gasteiger partial charge on any atom is -0.464 e. The number of esters is 8. The number of unbranched alkanes of at least 4 members (excludes halogenated alkanes) is 2. The number of benzene rings is 4. The van der Waals surface area contributed by atoms with Crippen LogP contribution in [-0.2, 0) is 131 Å². The summed E-state index contributed by atoms with van der Waals surface area (Å²) in [6.45, 7) is 0.515. The van der Waals surface area contributed by atoms with Gasteiger partial charge in [0.25, 0.3) is 40.7 Å². The van der Waals surface area contributed by atoms with Crippen molar-refractivity contribution in [3.05, 3.63) is 200 Å². The average Bonchev–Trinajstić information content (AvgIpc) is 0.888. The van der Waals surface area contributed by atoms with Crippen LogP contribution in [0.1, 0.15) is 88.0 Å². The Balaban J connectivity index is -0.000000786. The highest BCUT2D eigenvalue weighted by Gasteiger charge is 2.26. The predicted octanol–water partition coefficient (Wildman–Crippen LogP) is -4.81. The molecule has 67 heteroatoms. The molecule has 0 spiro atoms. The first-order valence-electron chi connectivity index (χ1n) is 42.3. The monoisotopic (exact) mass is 2100 g/mol. The summed E-state index contributed by atoms with van der Waals surface area (Å²) in [5, 5.41) is 143. The lowest BCUT2D eigenvalue weighted by Gasteiger charge is -2.22. The molecule has 0 saturated heterocycles. The van der Waals surface area contributed by atoms with Crippen LogP contribution < -0.4 is 64.4 Å². The highest BCUT2D eigenvalue weighted by atomic mass is 17.0. The minimum absolute atomic E-state index is 0.00635. The summed E-state index contributed by atoms with van der Waals surface area (Å²) in [4.78, 5) is 213. The van der Waals surface area contributed by atoms with Crippen molar-refractivity contribution >= 4 is 53.8 Å². The molecule has 8 unspecified atom stereocenters. The number of hydrogen-bond acceptors (Lipinski definition) is 58. The molecule has 0 aromatic heterocycles. The third-order valence-electron chi connectivity index (χ3n) is 15.5. The topological polar surface area (TPSA) is 1020 Å². The van der Waals surface area contributed by atoms with Gasteiger partial charge >= 0.3 is 53.8 Å². The maximum absolute atomic E-state index is 11.6. The van der Waals surface area contributed by atoms with E-state index < -0.39 is 201 Å². The molecule has 1 amide bonds. The van der Waals surface area contributed by atoms with Gasteiger partial charge in [0, 0.05) is 6.42 Å². The number of ether oxygens (including phenoxy) is 10. The number of nitrogens with two attached hydrogens (primary N) is 7. The maximum Gasteiger partial charge on any atom is 0.408 e. The summed E-state index contributed by atoms with van der Waals surface area (Å²) in [6, 6.07) is 17.5. The molecule has 4 aromatic rings. The minimum atomic E-state index is -1.23. The van der Waals surface area contributed by atoms with Crippen molar-refractivity contribution in [1.82, 2.24) is 5.32 Å². The molecule has 145 heavy (non-hydrogen) atoms. The third-order valence-corrected chi connectivity index (χ3v) is 15.5. The smallest absolute Gasteiger partial charge is 0.408 e. The molecule has 0 aliphatic rings. The summed E-state index contributed by atoms with van der Waals surface area (Å²) in [5.41, 5.74) is 39.2. The SMILES string of the molecule is CC(C)(C)OC(=O)NC(CO)C(=O)OCCCCO[N+](=O)[O-].NC(CO)C(=O)OCCCCO[N+](=O)[O-].NC(CO)C(=O)OCCCO[N+](=O)[O-].NC(CO)C(=O)OCCOCCO[N+](=O)[O-].NC(CO)C(=O)Oc1ccc(CCCO[N+](=O)[O-])cc1.NC(CO)C(=O)Oc1ccc(CCO[N+](=O)[O-])cc1.NC(CO)C(=O)Oc1cccc(CCCO[N+](=O)[O-])c1.NC(CO)C(=O)Oc1cccc(CCO[N+](=O)[O-])c1. The van der Waals surface area contributed by atoms with Gasteiger partial charge in [-0.15, -0.1) is 80.9 Å². The van der Waals surface area contributed by atoms with Crippen LogP contribution in [0.25, 0.3) is 0 Å². The van der Waals surface area contributed by atoms with Crippen LogP contribution in [0.15, 0.2) is 97.1 Å². The number of alkyl carbamates (subject to hydrolysis) is 1. The Bertz CT molecular complexity index is 4400. The van der Waals surface area contributed by atoms with Gasteiger partial charge in [0.15, 0.2) is 6.04 Å². The van der Waals surface area contributed by atoms with E-state index in [1.807, 2.05) is 0 Å². The van der Waals surface area contributed by atoms with Crippen molar-refractivity contribution in [2.45, 2.75) is 145 Å². The van der Waals surface area contributed by atoms with Gasteiger partial charge in [-0.2, -0.15) is 0 Å². The van der Waals surface area contributed by atoms with Gasteiger partial charge in [-0.1, -0.05) is 48.5 Å². The molecule has 67 nitrogen and oxygen atoms in total. The van der Waals surface area contributed by atoms with E-state index >= 15 is 0 Å². The Morgan fingerprint density at radius 1 is 0.283 bits per heavy atom. The molecule has 0 bridgehead atoms. The predicted molar refractivity (Wildman–Crippen MR) is 479 cm³/mol. The number of carbonyl (C=O) groups excluding carboxylic acids is 9. The van der Waals surface area contributed by atoms with Gasteiger partial charge in [-0.05, 0) is 156 Å². The molecular weight excluding hydrogens is 1980 g/mol. The zero-order chi connectivity index (χ0) is 111. The number of amides is 1. The van der Waals surface area contributed by atoms with E-state index in [1.54, 1.807) is 106 Å². The van der Waals surface area contributed by atoms with E-state index in [-0.39, 0.29) is 110 Å². The molecular formula is C78H122N16O51. The second kappa shape index (κ2) is 84.5. The lowest BCUT2D eigenvalue weighted by atomic mass is 10.1. The largest absolute Gasteiger partial charge is 0.464 e. The number of nitrogens with one attached hydrogen (secondary N) is 1. The van der Waals surface area contributed by atoms with Crippen molar-refractivity contribution in [1.29, 1.82) is 0 Å². The molecule has 4 rings (SSSR count). The fourth-order valence-electron chi connectivity index (χ4n) is 8.50. The highest BCUT2D eigenvalue weighted by molar-refractivity contribution is 5.82. The normalized spacial score (nSPS) is 11.8. The van der Waals surface area contributed by atoms with Crippen molar-refractivity contribution in [3.8, 4) is 23.0 Å². The Labute approximate surface area is 821 Å². The fourth-order valence-corrected chi connectivity index (χ4v) is 8.50. The number of aliphatic hydroxyl groups excluding tert-OH is 8. The quantitative estimate of drug-likeness (QED) is 0.00492. The molecule has 0 saturated carbocycles. The van der Waals surface area contributed by atoms with Crippen LogP contribution in [0.3, 0.4) is 0 Å². The zero-order valence-electron chi connectivity index (χ0n) is 78.4. The van der Waals surface area contributed by atoms with Gasteiger partial charge in [0.05, 0.1) is 119 Å². The van der Waals surface area contributed by atoms with Crippen molar-refractivity contribution < 1.29 is 211 Å². The van der Waals surface area contributed by atoms with E-state index in [9.17, 15) is 124 Å². The number of carbonyl (C=O) groups is 9. The summed E-state index contributed by atoms with van der Waals surface area (Å²) >= 11 is 0. The molecule has 0 aliphatic heterocycles. The Hall–Kier alpha value is -15.1. The van der Waals surface area contributed by atoms with Crippen molar-refractivity contribution in [3.63, 3.8) is 0 Å².